The van der Waals surface area contributed by atoms with Crippen molar-refractivity contribution in [1.29, 1.82) is 0 Å². The fraction of sp³-hybridized carbons (Fsp3) is 0.105. The molecule has 1 saturated heterocycles. The normalized spacial score (nSPS) is 14.9. The number of nitro groups is 1. The molecule has 2 aromatic rings. The Labute approximate surface area is 188 Å². The summed E-state index contributed by atoms with van der Waals surface area (Å²) in [6.07, 6.45) is 1.37. The molecular formula is C19H14IN3O6S. The zero-order valence-electron chi connectivity index (χ0n) is 15.5. The summed E-state index contributed by atoms with van der Waals surface area (Å²) < 4.78 is 5.94. The second kappa shape index (κ2) is 9.26. The molecule has 0 radical (unpaired) electrons. The van der Waals surface area contributed by atoms with Crippen LogP contribution in [0.3, 0.4) is 0 Å². The predicted octanol–water partition coefficient (Wildman–Crippen LogP) is 3.88. The van der Waals surface area contributed by atoms with Crippen molar-refractivity contribution in [3.05, 3.63) is 66.6 Å². The molecule has 2 aromatic carbocycles. The van der Waals surface area contributed by atoms with Gasteiger partial charge in [0.15, 0.2) is 5.75 Å². The van der Waals surface area contributed by atoms with Gasteiger partial charge in [-0.05, 0) is 76.3 Å². The number of methoxy groups -OCH3 is 1. The first-order chi connectivity index (χ1) is 14.3. The van der Waals surface area contributed by atoms with E-state index in [1.54, 1.807) is 12.1 Å². The first-order valence-electron chi connectivity index (χ1n) is 8.41. The van der Waals surface area contributed by atoms with Crippen LogP contribution >= 0.6 is 34.4 Å². The highest BCUT2D eigenvalue weighted by molar-refractivity contribution is 14.1. The third-order valence-electron chi connectivity index (χ3n) is 4.00. The quantitative estimate of drug-likeness (QED) is 0.256. The third kappa shape index (κ3) is 4.97. The Balaban J connectivity index is 1.74. The number of hydrogen-bond donors (Lipinski definition) is 1. The number of benzene rings is 2. The van der Waals surface area contributed by atoms with Crippen LogP contribution in [0.2, 0.25) is 0 Å². The van der Waals surface area contributed by atoms with E-state index in [0.29, 0.717) is 23.0 Å². The molecule has 11 heteroatoms. The second-order valence-corrected chi connectivity index (χ2v) is 8.25. The van der Waals surface area contributed by atoms with E-state index in [1.807, 2.05) is 12.1 Å². The predicted molar refractivity (Wildman–Crippen MR) is 120 cm³/mol. The van der Waals surface area contributed by atoms with Gasteiger partial charge in [0.1, 0.15) is 6.54 Å². The molecule has 30 heavy (non-hydrogen) atoms. The Hall–Kier alpha value is -2.93. The highest BCUT2D eigenvalue weighted by atomic mass is 127. The van der Waals surface area contributed by atoms with E-state index < -0.39 is 28.5 Å². The lowest BCUT2D eigenvalue weighted by Crippen LogP contribution is -2.36. The van der Waals surface area contributed by atoms with E-state index in [1.165, 1.54) is 31.4 Å². The van der Waals surface area contributed by atoms with Crippen LogP contribution in [-0.4, -0.2) is 40.5 Å². The third-order valence-corrected chi connectivity index (χ3v) is 5.63. The van der Waals surface area contributed by atoms with E-state index in [9.17, 15) is 24.5 Å². The van der Waals surface area contributed by atoms with Crippen LogP contribution in [0.4, 0.5) is 16.2 Å². The van der Waals surface area contributed by atoms with Crippen LogP contribution in [0.5, 0.6) is 5.75 Å². The van der Waals surface area contributed by atoms with Gasteiger partial charge >= 0.3 is 5.69 Å². The molecule has 0 aromatic heterocycles. The Bertz CT molecular complexity index is 1070. The first kappa shape index (κ1) is 21.8. The number of hydrogen-bond acceptors (Lipinski definition) is 7. The molecule has 1 fully saturated rings. The van der Waals surface area contributed by atoms with Gasteiger partial charge in [-0.3, -0.25) is 29.4 Å². The molecule has 0 unspecified atom stereocenters. The molecule has 3 amide bonds. The Kier molecular flexibility index (Phi) is 6.72. The standard InChI is InChI=1S/C19H14IN3O6S/c1-29-15-7-2-11(8-14(15)23(27)28)9-16-18(25)22(19(26)30-16)10-17(24)21-13-5-3-12(20)4-6-13/h2-9H,10H2,1H3,(H,21,24)/b16-9+. The van der Waals surface area contributed by atoms with Gasteiger partial charge in [0.05, 0.1) is 16.9 Å². The number of nitrogens with one attached hydrogen (secondary N) is 1. The zero-order chi connectivity index (χ0) is 21.8. The number of carbonyl (C=O) groups is 3. The lowest BCUT2D eigenvalue weighted by Gasteiger charge is -2.12. The number of ether oxygens (including phenoxy) is 1. The molecule has 1 aliphatic rings. The molecule has 9 nitrogen and oxygen atoms in total. The minimum absolute atomic E-state index is 0.0709. The van der Waals surface area contributed by atoms with E-state index >= 15 is 0 Å². The SMILES string of the molecule is COc1ccc(/C=C2/SC(=O)N(CC(=O)Nc3ccc(I)cc3)C2=O)cc1[N+](=O)[O-]. The summed E-state index contributed by atoms with van der Waals surface area (Å²) in [5.74, 6) is -1.07. The molecule has 1 aliphatic heterocycles. The van der Waals surface area contributed by atoms with Crippen LogP contribution in [0.1, 0.15) is 5.56 Å². The molecule has 1 heterocycles. The number of amides is 3. The topological polar surface area (TPSA) is 119 Å². The number of halogens is 1. The van der Waals surface area contributed by atoms with Crippen LogP contribution in [0, 0.1) is 13.7 Å². The first-order valence-corrected chi connectivity index (χ1v) is 10.3. The number of anilines is 1. The summed E-state index contributed by atoms with van der Waals surface area (Å²) in [5, 5.41) is 13.2. The number of rotatable bonds is 6. The van der Waals surface area contributed by atoms with Gasteiger partial charge in [0.2, 0.25) is 5.91 Å². The Morgan fingerprint density at radius 1 is 1.27 bits per heavy atom. The van der Waals surface area contributed by atoms with Crippen molar-refractivity contribution in [2.45, 2.75) is 0 Å². The van der Waals surface area contributed by atoms with Crippen LogP contribution < -0.4 is 10.1 Å². The average Bonchev–Trinajstić information content (AvgIpc) is 2.97. The minimum atomic E-state index is -0.638. The van der Waals surface area contributed by atoms with Gasteiger partial charge in [-0.2, -0.15) is 0 Å². The molecule has 3 rings (SSSR count). The van der Waals surface area contributed by atoms with Gasteiger partial charge < -0.3 is 10.1 Å². The van der Waals surface area contributed by atoms with Crippen LogP contribution in [0.15, 0.2) is 47.4 Å². The van der Waals surface area contributed by atoms with E-state index in [-0.39, 0.29) is 16.3 Å². The lowest BCUT2D eigenvalue weighted by molar-refractivity contribution is -0.385. The van der Waals surface area contributed by atoms with E-state index in [0.717, 1.165) is 8.47 Å². The van der Waals surface area contributed by atoms with Crippen molar-refractivity contribution in [1.82, 2.24) is 4.90 Å². The van der Waals surface area contributed by atoms with E-state index in [4.69, 9.17) is 4.74 Å². The summed E-state index contributed by atoms with van der Waals surface area (Å²) in [4.78, 5) is 48.5. The lowest BCUT2D eigenvalue weighted by atomic mass is 10.1. The number of imide groups is 1. The van der Waals surface area contributed by atoms with Crippen molar-refractivity contribution >= 4 is 68.9 Å². The van der Waals surface area contributed by atoms with Crippen LogP contribution in [-0.2, 0) is 9.59 Å². The number of nitrogens with zero attached hydrogens (tertiary/aromatic N) is 2. The number of nitro benzene ring substituents is 1. The summed E-state index contributed by atoms with van der Waals surface area (Å²) in [6.45, 7) is -0.434. The van der Waals surface area contributed by atoms with Gasteiger partial charge in [-0.25, -0.2) is 0 Å². The second-order valence-electron chi connectivity index (χ2n) is 6.01. The summed E-state index contributed by atoms with van der Waals surface area (Å²) in [7, 11) is 1.31. The van der Waals surface area contributed by atoms with Crippen molar-refractivity contribution in [3.8, 4) is 5.75 Å². The molecule has 154 valence electrons. The smallest absolute Gasteiger partial charge is 0.311 e. The maximum Gasteiger partial charge on any atom is 0.311 e. The maximum atomic E-state index is 12.6. The molecule has 0 atom stereocenters. The van der Waals surface area contributed by atoms with Crippen LogP contribution in [0.25, 0.3) is 6.08 Å². The highest BCUT2D eigenvalue weighted by Crippen LogP contribution is 2.34. The summed E-state index contributed by atoms with van der Waals surface area (Å²) in [6, 6.07) is 11.2. The molecular weight excluding hydrogens is 525 g/mol. The van der Waals surface area contributed by atoms with Crippen molar-refractivity contribution in [3.63, 3.8) is 0 Å². The van der Waals surface area contributed by atoms with Crippen molar-refractivity contribution in [2.24, 2.45) is 0 Å². The van der Waals surface area contributed by atoms with E-state index in [2.05, 4.69) is 27.9 Å². The number of thioether (sulfide) groups is 1. The molecule has 1 N–H and O–H groups in total. The average molecular weight is 539 g/mol. The minimum Gasteiger partial charge on any atom is -0.490 e. The monoisotopic (exact) mass is 539 g/mol. The summed E-state index contributed by atoms with van der Waals surface area (Å²) >= 11 is 2.80. The molecule has 0 spiro atoms. The molecule has 0 aliphatic carbocycles. The zero-order valence-corrected chi connectivity index (χ0v) is 18.4. The highest BCUT2D eigenvalue weighted by Gasteiger charge is 2.36. The van der Waals surface area contributed by atoms with Gasteiger partial charge in [0, 0.05) is 15.3 Å². The van der Waals surface area contributed by atoms with Gasteiger partial charge in [-0.1, -0.05) is 6.07 Å². The van der Waals surface area contributed by atoms with Gasteiger partial charge in [0.25, 0.3) is 11.1 Å². The van der Waals surface area contributed by atoms with Crippen molar-refractivity contribution in [2.75, 3.05) is 19.0 Å². The molecule has 0 saturated carbocycles. The summed E-state index contributed by atoms with van der Waals surface area (Å²) in [5.41, 5.74) is 0.646. The fourth-order valence-corrected chi connectivity index (χ4v) is 3.80. The Morgan fingerprint density at radius 2 is 1.97 bits per heavy atom. The maximum absolute atomic E-state index is 12.6. The fourth-order valence-electron chi connectivity index (χ4n) is 2.60. The van der Waals surface area contributed by atoms with Gasteiger partial charge in [-0.15, -0.1) is 0 Å². The Morgan fingerprint density at radius 3 is 2.60 bits per heavy atom. The number of carbonyl (C=O) groups excluding carboxylic acids is 3. The largest absolute Gasteiger partial charge is 0.490 e. The molecule has 0 bridgehead atoms. The van der Waals surface area contributed by atoms with Crippen molar-refractivity contribution < 1.29 is 24.0 Å².